The standard InChI is InChI=1S/C16H23BrN2O4/c1-11(2)10-14(15(21)18(3)8-9-20)19(16(22)23)13-6-4-12(17)5-7-13/h4-7,11,14,20H,8-10H2,1-3H3,(H,22,23). The Morgan fingerprint density at radius 1 is 1.22 bits per heavy atom. The molecule has 1 aromatic rings. The zero-order valence-electron chi connectivity index (χ0n) is 13.6. The van der Waals surface area contributed by atoms with Gasteiger partial charge in [0.25, 0.3) is 0 Å². The van der Waals surface area contributed by atoms with E-state index in [-0.39, 0.29) is 25.0 Å². The van der Waals surface area contributed by atoms with Crippen LogP contribution in [0.1, 0.15) is 20.3 Å². The van der Waals surface area contributed by atoms with Gasteiger partial charge >= 0.3 is 6.09 Å². The van der Waals surface area contributed by atoms with Gasteiger partial charge in [0.2, 0.25) is 5.91 Å². The minimum Gasteiger partial charge on any atom is -0.465 e. The van der Waals surface area contributed by atoms with E-state index in [0.717, 1.165) is 9.37 Å². The number of aliphatic hydroxyl groups excluding tert-OH is 1. The van der Waals surface area contributed by atoms with E-state index in [4.69, 9.17) is 5.11 Å². The lowest BCUT2D eigenvalue weighted by Crippen LogP contribution is -2.51. The van der Waals surface area contributed by atoms with E-state index in [1.165, 1.54) is 4.90 Å². The Morgan fingerprint density at radius 2 is 1.78 bits per heavy atom. The number of rotatable bonds is 7. The number of anilines is 1. The lowest BCUT2D eigenvalue weighted by molar-refractivity contribution is -0.132. The number of carboxylic acid groups (broad SMARTS) is 1. The Morgan fingerprint density at radius 3 is 2.22 bits per heavy atom. The first-order valence-corrected chi connectivity index (χ1v) is 8.20. The molecule has 0 aliphatic heterocycles. The summed E-state index contributed by atoms with van der Waals surface area (Å²) < 4.78 is 0.829. The smallest absolute Gasteiger partial charge is 0.412 e. The molecule has 0 spiro atoms. The van der Waals surface area contributed by atoms with Crippen LogP contribution in [-0.4, -0.2) is 53.4 Å². The summed E-state index contributed by atoms with van der Waals surface area (Å²) in [5.74, 6) is -0.179. The zero-order valence-corrected chi connectivity index (χ0v) is 15.2. The second-order valence-corrected chi connectivity index (χ2v) is 6.67. The minimum atomic E-state index is -1.18. The molecule has 128 valence electrons. The first-order valence-electron chi connectivity index (χ1n) is 7.41. The summed E-state index contributed by atoms with van der Waals surface area (Å²) in [5, 5.41) is 18.6. The van der Waals surface area contributed by atoms with Crippen molar-refractivity contribution in [1.29, 1.82) is 0 Å². The van der Waals surface area contributed by atoms with Gasteiger partial charge in [0.05, 0.1) is 6.61 Å². The molecule has 0 heterocycles. The molecule has 2 N–H and O–H groups in total. The van der Waals surface area contributed by atoms with Gasteiger partial charge in [-0.1, -0.05) is 29.8 Å². The van der Waals surface area contributed by atoms with Crippen LogP contribution < -0.4 is 4.90 Å². The van der Waals surface area contributed by atoms with Crippen LogP contribution in [0.3, 0.4) is 0 Å². The normalized spacial score (nSPS) is 12.1. The lowest BCUT2D eigenvalue weighted by atomic mass is 10.0. The maximum absolute atomic E-state index is 12.7. The number of halogens is 1. The van der Waals surface area contributed by atoms with Crippen molar-refractivity contribution in [1.82, 2.24) is 4.90 Å². The fraction of sp³-hybridized carbons (Fsp3) is 0.500. The quantitative estimate of drug-likeness (QED) is 0.754. The molecule has 0 aliphatic rings. The van der Waals surface area contributed by atoms with Crippen LogP contribution in [0.5, 0.6) is 0 Å². The van der Waals surface area contributed by atoms with Crippen molar-refractivity contribution < 1.29 is 19.8 Å². The molecule has 0 aliphatic carbocycles. The third-order valence-electron chi connectivity index (χ3n) is 3.41. The number of amides is 2. The fourth-order valence-corrected chi connectivity index (χ4v) is 2.57. The van der Waals surface area contributed by atoms with Gasteiger partial charge < -0.3 is 15.1 Å². The van der Waals surface area contributed by atoms with Gasteiger partial charge in [-0.3, -0.25) is 9.69 Å². The zero-order chi connectivity index (χ0) is 17.6. The highest BCUT2D eigenvalue weighted by Crippen LogP contribution is 2.24. The number of hydrogen-bond donors (Lipinski definition) is 2. The third-order valence-corrected chi connectivity index (χ3v) is 3.94. The molecule has 1 rings (SSSR count). The average Bonchev–Trinajstić information content (AvgIpc) is 2.47. The summed E-state index contributed by atoms with van der Waals surface area (Å²) in [6.07, 6.45) is -0.777. The highest BCUT2D eigenvalue weighted by atomic mass is 79.9. The number of aliphatic hydroxyl groups is 1. The Labute approximate surface area is 144 Å². The van der Waals surface area contributed by atoms with Crippen molar-refractivity contribution in [3.63, 3.8) is 0 Å². The van der Waals surface area contributed by atoms with Crippen LogP contribution in [0, 0.1) is 5.92 Å². The average molecular weight is 387 g/mol. The fourth-order valence-electron chi connectivity index (χ4n) is 2.30. The van der Waals surface area contributed by atoms with E-state index < -0.39 is 12.1 Å². The van der Waals surface area contributed by atoms with Gasteiger partial charge in [-0.25, -0.2) is 4.79 Å². The van der Waals surface area contributed by atoms with Gasteiger partial charge in [0.1, 0.15) is 6.04 Å². The number of likely N-dealkylation sites (N-methyl/N-ethyl adjacent to an activating group) is 1. The first-order chi connectivity index (χ1) is 10.8. The van der Waals surface area contributed by atoms with Crippen molar-refractivity contribution in [2.75, 3.05) is 25.1 Å². The van der Waals surface area contributed by atoms with Crippen LogP contribution in [0.2, 0.25) is 0 Å². The van der Waals surface area contributed by atoms with Crippen molar-refractivity contribution >= 4 is 33.6 Å². The molecule has 0 radical (unpaired) electrons. The van der Waals surface area contributed by atoms with Crippen LogP contribution in [0.25, 0.3) is 0 Å². The van der Waals surface area contributed by atoms with Crippen molar-refractivity contribution in [3.8, 4) is 0 Å². The molecular formula is C16H23BrN2O4. The van der Waals surface area contributed by atoms with Crippen LogP contribution >= 0.6 is 15.9 Å². The van der Waals surface area contributed by atoms with Crippen LogP contribution in [-0.2, 0) is 4.79 Å². The van der Waals surface area contributed by atoms with E-state index >= 15 is 0 Å². The summed E-state index contributed by atoms with van der Waals surface area (Å²) in [7, 11) is 1.56. The van der Waals surface area contributed by atoms with Crippen molar-refractivity contribution in [2.24, 2.45) is 5.92 Å². The summed E-state index contributed by atoms with van der Waals surface area (Å²) in [6, 6.07) is 5.96. The molecule has 1 unspecified atom stereocenters. The van der Waals surface area contributed by atoms with E-state index in [0.29, 0.717) is 12.1 Å². The summed E-state index contributed by atoms with van der Waals surface area (Å²) in [6.45, 7) is 3.88. The van der Waals surface area contributed by atoms with E-state index in [9.17, 15) is 14.7 Å². The predicted octanol–water partition coefficient (Wildman–Crippen LogP) is 2.80. The van der Waals surface area contributed by atoms with Gasteiger partial charge in [0, 0.05) is 23.8 Å². The molecule has 0 bridgehead atoms. The van der Waals surface area contributed by atoms with Crippen LogP contribution in [0.15, 0.2) is 28.7 Å². The first kappa shape index (κ1) is 19.4. The number of benzene rings is 1. The maximum Gasteiger partial charge on any atom is 0.412 e. The molecular weight excluding hydrogens is 364 g/mol. The molecule has 1 atom stereocenters. The van der Waals surface area contributed by atoms with Crippen molar-refractivity contribution in [3.05, 3.63) is 28.7 Å². The van der Waals surface area contributed by atoms with Gasteiger partial charge in [-0.15, -0.1) is 0 Å². The van der Waals surface area contributed by atoms with E-state index in [1.807, 2.05) is 13.8 Å². The highest BCUT2D eigenvalue weighted by molar-refractivity contribution is 9.10. The predicted molar refractivity (Wildman–Crippen MR) is 92.6 cm³/mol. The largest absolute Gasteiger partial charge is 0.465 e. The summed E-state index contributed by atoms with van der Waals surface area (Å²) in [4.78, 5) is 26.9. The van der Waals surface area contributed by atoms with Crippen LogP contribution in [0.4, 0.5) is 10.5 Å². The lowest BCUT2D eigenvalue weighted by Gasteiger charge is -2.32. The van der Waals surface area contributed by atoms with E-state index in [1.54, 1.807) is 31.3 Å². The van der Waals surface area contributed by atoms with E-state index in [2.05, 4.69) is 15.9 Å². The molecule has 23 heavy (non-hydrogen) atoms. The third kappa shape index (κ3) is 5.51. The van der Waals surface area contributed by atoms with Gasteiger partial charge in [-0.05, 0) is 36.6 Å². The highest BCUT2D eigenvalue weighted by Gasteiger charge is 2.33. The molecule has 0 aromatic heterocycles. The summed E-state index contributed by atoms with van der Waals surface area (Å²) in [5.41, 5.74) is 0.442. The topological polar surface area (TPSA) is 81.1 Å². The number of nitrogens with zero attached hydrogens (tertiary/aromatic N) is 2. The molecule has 0 saturated carbocycles. The molecule has 1 aromatic carbocycles. The molecule has 2 amide bonds. The molecule has 0 fully saturated rings. The second-order valence-electron chi connectivity index (χ2n) is 5.76. The Bertz CT molecular complexity index is 533. The second kappa shape index (κ2) is 8.88. The minimum absolute atomic E-state index is 0.142. The summed E-state index contributed by atoms with van der Waals surface area (Å²) >= 11 is 3.31. The van der Waals surface area contributed by atoms with Gasteiger partial charge in [0.15, 0.2) is 0 Å². The number of hydrogen-bond acceptors (Lipinski definition) is 3. The monoisotopic (exact) mass is 386 g/mol. The van der Waals surface area contributed by atoms with Crippen molar-refractivity contribution in [2.45, 2.75) is 26.3 Å². The molecule has 7 heteroatoms. The number of carbonyl (C=O) groups excluding carboxylic acids is 1. The van der Waals surface area contributed by atoms with Gasteiger partial charge in [-0.2, -0.15) is 0 Å². The maximum atomic E-state index is 12.7. The molecule has 0 saturated heterocycles. The Hall–Kier alpha value is -1.60. The Kier molecular flexibility index (Phi) is 7.51. The SMILES string of the molecule is CC(C)CC(C(=O)N(C)CCO)N(C(=O)O)c1ccc(Br)cc1. The molecule has 6 nitrogen and oxygen atoms in total. The number of carbonyl (C=O) groups is 2. The Balaban J connectivity index is 3.20.